The number of aromatic nitrogens is 1. The van der Waals surface area contributed by atoms with Crippen molar-refractivity contribution in [2.45, 2.75) is 6.92 Å². The molecule has 2 aromatic rings. The number of hydrogen-bond donors (Lipinski definition) is 2. The third-order valence-corrected chi connectivity index (χ3v) is 2.37. The Kier molecular flexibility index (Phi) is 3.94. The summed E-state index contributed by atoms with van der Waals surface area (Å²) in [6, 6.07) is 11.4. The minimum atomic E-state index is 0.566. The third kappa shape index (κ3) is 2.87. The Morgan fingerprint density at radius 2 is 2.11 bits per heavy atom. The number of hydrazine groups is 1. The molecule has 0 aliphatic rings. The largest absolute Gasteiger partial charge is 0.457 e. The van der Waals surface area contributed by atoms with Crippen LogP contribution >= 0.6 is 0 Å². The van der Waals surface area contributed by atoms with Gasteiger partial charge in [0.05, 0.1) is 0 Å². The van der Waals surface area contributed by atoms with Crippen LogP contribution in [0.25, 0.3) is 6.08 Å². The quantitative estimate of drug-likeness (QED) is 0.637. The summed E-state index contributed by atoms with van der Waals surface area (Å²) in [5.41, 5.74) is 3.51. The molecule has 1 heterocycles. The molecule has 0 atom stereocenters. The van der Waals surface area contributed by atoms with Crippen LogP contribution in [0.15, 0.2) is 48.7 Å². The number of allylic oxidation sites excluding steroid dienone is 1. The Morgan fingerprint density at radius 3 is 2.89 bits per heavy atom. The Hall–Kier alpha value is -2.33. The van der Waals surface area contributed by atoms with E-state index in [1.807, 2.05) is 43.3 Å². The lowest BCUT2D eigenvalue weighted by Crippen LogP contribution is -2.08. The number of ether oxygens (including phenoxy) is 1. The van der Waals surface area contributed by atoms with Crippen molar-refractivity contribution in [1.29, 1.82) is 0 Å². The van der Waals surface area contributed by atoms with Crippen molar-refractivity contribution < 1.29 is 4.74 Å². The standard InChI is InChI=1S/C14H15N3O/c1-2-5-11-6-3-4-7-13(11)18-12-8-9-16-14(10-12)17-15/h2-10H,15H2,1H3,(H,16,17)/b5-2+. The zero-order valence-corrected chi connectivity index (χ0v) is 10.1. The lowest BCUT2D eigenvalue weighted by molar-refractivity contribution is 0.481. The zero-order chi connectivity index (χ0) is 12.8. The summed E-state index contributed by atoms with van der Waals surface area (Å²) in [7, 11) is 0. The highest BCUT2D eigenvalue weighted by molar-refractivity contribution is 5.58. The maximum Gasteiger partial charge on any atom is 0.143 e. The van der Waals surface area contributed by atoms with E-state index in [1.165, 1.54) is 0 Å². The number of hydrogen-bond acceptors (Lipinski definition) is 4. The molecule has 0 fully saturated rings. The van der Waals surface area contributed by atoms with Crippen LogP contribution in [0.5, 0.6) is 11.5 Å². The first-order valence-corrected chi connectivity index (χ1v) is 5.65. The molecule has 2 rings (SSSR count). The highest BCUT2D eigenvalue weighted by Crippen LogP contribution is 2.26. The van der Waals surface area contributed by atoms with Crippen LogP contribution in [-0.2, 0) is 0 Å². The number of anilines is 1. The second kappa shape index (κ2) is 5.84. The van der Waals surface area contributed by atoms with E-state index in [0.717, 1.165) is 11.3 Å². The molecule has 18 heavy (non-hydrogen) atoms. The van der Waals surface area contributed by atoms with Crippen LogP contribution in [0.2, 0.25) is 0 Å². The lowest BCUT2D eigenvalue weighted by atomic mass is 10.2. The molecule has 4 heteroatoms. The number of para-hydroxylation sites is 1. The highest BCUT2D eigenvalue weighted by atomic mass is 16.5. The predicted molar refractivity (Wildman–Crippen MR) is 73.3 cm³/mol. The summed E-state index contributed by atoms with van der Waals surface area (Å²) in [5.74, 6) is 7.36. The van der Waals surface area contributed by atoms with E-state index in [2.05, 4.69) is 10.4 Å². The molecule has 1 aromatic carbocycles. The topological polar surface area (TPSA) is 60.2 Å². The third-order valence-electron chi connectivity index (χ3n) is 2.37. The molecular weight excluding hydrogens is 226 g/mol. The predicted octanol–water partition coefficient (Wildman–Crippen LogP) is 3.19. The molecule has 0 radical (unpaired) electrons. The number of rotatable bonds is 4. The number of nitrogens with zero attached hydrogens (tertiary/aromatic N) is 1. The van der Waals surface area contributed by atoms with Crippen molar-refractivity contribution >= 4 is 11.9 Å². The van der Waals surface area contributed by atoms with Crippen LogP contribution < -0.4 is 16.0 Å². The van der Waals surface area contributed by atoms with E-state index in [9.17, 15) is 0 Å². The van der Waals surface area contributed by atoms with Crippen molar-refractivity contribution in [3.63, 3.8) is 0 Å². The summed E-state index contributed by atoms with van der Waals surface area (Å²) in [5, 5.41) is 0. The second-order valence-corrected chi connectivity index (χ2v) is 3.66. The van der Waals surface area contributed by atoms with Crippen molar-refractivity contribution in [2.24, 2.45) is 5.84 Å². The van der Waals surface area contributed by atoms with Gasteiger partial charge < -0.3 is 10.2 Å². The SMILES string of the molecule is C/C=C/c1ccccc1Oc1ccnc(NN)c1. The highest BCUT2D eigenvalue weighted by Gasteiger charge is 2.02. The van der Waals surface area contributed by atoms with Gasteiger partial charge >= 0.3 is 0 Å². The van der Waals surface area contributed by atoms with E-state index in [-0.39, 0.29) is 0 Å². The fourth-order valence-electron chi connectivity index (χ4n) is 1.57. The van der Waals surface area contributed by atoms with Crippen molar-refractivity contribution in [1.82, 2.24) is 4.98 Å². The van der Waals surface area contributed by atoms with Crippen molar-refractivity contribution in [3.8, 4) is 11.5 Å². The summed E-state index contributed by atoms with van der Waals surface area (Å²) in [6.07, 6.45) is 5.61. The summed E-state index contributed by atoms with van der Waals surface area (Å²) in [4.78, 5) is 4.03. The first kappa shape index (κ1) is 12.1. The van der Waals surface area contributed by atoms with Gasteiger partial charge in [0.2, 0.25) is 0 Å². The van der Waals surface area contributed by atoms with Crippen LogP contribution in [0.4, 0.5) is 5.82 Å². The van der Waals surface area contributed by atoms with Gasteiger partial charge in [-0.05, 0) is 19.1 Å². The van der Waals surface area contributed by atoms with Gasteiger partial charge in [-0.1, -0.05) is 30.4 Å². The molecule has 0 aliphatic carbocycles. The minimum absolute atomic E-state index is 0.566. The number of pyridine rings is 1. The maximum absolute atomic E-state index is 5.82. The van der Waals surface area contributed by atoms with E-state index in [1.54, 1.807) is 18.3 Å². The average Bonchev–Trinajstić information content (AvgIpc) is 2.41. The fourth-order valence-corrected chi connectivity index (χ4v) is 1.57. The van der Waals surface area contributed by atoms with Gasteiger partial charge in [-0.2, -0.15) is 0 Å². The molecule has 4 nitrogen and oxygen atoms in total. The van der Waals surface area contributed by atoms with E-state index >= 15 is 0 Å². The number of nitrogens with one attached hydrogen (secondary N) is 1. The van der Waals surface area contributed by atoms with Gasteiger partial charge in [-0.15, -0.1) is 0 Å². The monoisotopic (exact) mass is 241 g/mol. The molecule has 0 spiro atoms. The normalized spacial score (nSPS) is 10.6. The first-order valence-electron chi connectivity index (χ1n) is 5.65. The molecule has 0 aliphatic heterocycles. The first-order chi connectivity index (χ1) is 8.83. The zero-order valence-electron chi connectivity index (χ0n) is 10.1. The molecule has 0 saturated heterocycles. The molecule has 0 unspecified atom stereocenters. The molecule has 0 amide bonds. The van der Waals surface area contributed by atoms with Gasteiger partial charge in [-0.25, -0.2) is 10.8 Å². The van der Waals surface area contributed by atoms with E-state index < -0.39 is 0 Å². The van der Waals surface area contributed by atoms with Crippen LogP contribution in [-0.4, -0.2) is 4.98 Å². The molecular formula is C14H15N3O. The smallest absolute Gasteiger partial charge is 0.143 e. The van der Waals surface area contributed by atoms with Gasteiger partial charge in [0.1, 0.15) is 17.3 Å². The van der Waals surface area contributed by atoms with Crippen LogP contribution in [0.3, 0.4) is 0 Å². The Labute approximate surface area is 106 Å². The fraction of sp³-hybridized carbons (Fsp3) is 0.0714. The number of benzene rings is 1. The summed E-state index contributed by atoms with van der Waals surface area (Å²) < 4.78 is 5.82. The van der Waals surface area contributed by atoms with Crippen molar-refractivity contribution in [2.75, 3.05) is 5.43 Å². The van der Waals surface area contributed by atoms with Crippen LogP contribution in [0, 0.1) is 0 Å². The minimum Gasteiger partial charge on any atom is -0.457 e. The van der Waals surface area contributed by atoms with Gasteiger partial charge in [-0.3, -0.25) is 0 Å². The lowest BCUT2D eigenvalue weighted by Gasteiger charge is -2.09. The maximum atomic E-state index is 5.82. The second-order valence-electron chi connectivity index (χ2n) is 3.66. The van der Waals surface area contributed by atoms with Crippen molar-refractivity contribution in [3.05, 3.63) is 54.2 Å². The summed E-state index contributed by atoms with van der Waals surface area (Å²) in [6.45, 7) is 1.97. The Bertz CT molecular complexity index is 552. The van der Waals surface area contributed by atoms with E-state index in [0.29, 0.717) is 11.6 Å². The number of nitrogens with two attached hydrogens (primary N) is 1. The van der Waals surface area contributed by atoms with Gasteiger partial charge in [0, 0.05) is 17.8 Å². The summed E-state index contributed by atoms with van der Waals surface area (Å²) >= 11 is 0. The Balaban J connectivity index is 2.27. The van der Waals surface area contributed by atoms with Crippen LogP contribution in [0.1, 0.15) is 12.5 Å². The average molecular weight is 241 g/mol. The number of nitrogen functional groups attached to an aromatic ring is 1. The molecule has 0 saturated carbocycles. The molecule has 0 bridgehead atoms. The van der Waals surface area contributed by atoms with Gasteiger partial charge in [0.15, 0.2) is 0 Å². The molecule has 3 N–H and O–H groups in total. The molecule has 92 valence electrons. The van der Waals surface area contributed by atoms with Gasteiger partial charge in [0.25, 0.3) is 0 Å². The Morgan fingerprint density at radius 1 is 1.28 bits per heavy atom. The van der Waals surface area contributed by atoms with E-state index in [4.69, 9.17) is 10.6 Å². The molecule has 1 aromatic heterocycles.